The fourth-order valence-corrected chi connectivity index (χ4v) is 3.34. The number of hydrogen-bond donors (Lipinski definition) is 2. The maximum absolute atomic E-state index is 6.10. The van der Waals surface area contributed by atoms with Gasteiger partial charge in [-0.15, -0.1) is 24.0 Å². The molecule has 0 bridgehead atoms. The molecule has 3 rings (SSSR count). The monoisotopic (exact) mass is 467 g/mol. The molecule has 26 heavy (non-hydrogen) atoms. The van der Waals surface area contributed by atoms with Crippen LogP contribution in [0.5, 0.6) is 11.5 Å². The Balaban J connectivity index is 0.00000243. The predicted molar refractivity (Wildman–Crippen MR) is 117 cm³/mol. The van der Waals surface area contributed by atoms with Crippen molar-refractivity contribution in [3.8, 4) is 11.5 Å². The summed E-state index contributed by atoms with van der Waals surface area (Å²) < 4.78 is 10.6. The average molecular weight is 467 g/mol. The van der Waals surface area contributed by atoms with E-state index >= 15 is 0 Å². The van der Waals surface area contributed by atoms with E-state index in [1.165, 1.54) is 17.5 Å². The molecule has 3 N–H and O–H groups in total. The molecule has 0 heterocycles. The normalized spacial score (nSPS) is 16.2. The second-order valence-corrected chi connectivity index (χ2v) is 6.21. The predicted octanol–water partition coefficient (Wildman–Crippen LogP) is 4.17. The smallest absolute Gasteiger partial charge is 0.193 e. The minimum Gasteiger partial charge on any atom is -0.497 e. The van der Waals surface area contributed by atoms with E-state index in [-0.39, 0.29) is 24.0 Å². The summed E-state index contributed by atoms with van der Waals surface area (Å²) in [5.74, 6) is 2.24. The molecule has 1 aliphatic carbocycles. The zero-order valence-electron chi connectivity index (χ0n) is 15.2. The number of halogens is 1. The lowest BCUT2D eigenvalue weighted by Gasteiger charge is -2.24. The van der Waals surface area contributed by atoms with Gasteiger partial charge in [-0.2, -0.15) is 0 Å². The van der Waals surface area contributed by atoms with Gasteiger partial charge in [0, 0.05) is 18.5 Å². The van der Waals surface area contributed by atoms with Gasteiger partial charge in [0.15, 0.2) is 5.96 Å². The van der Waals surface area contributed by atoms with Crippen LogP contribution in [0.25, 0.3) is 0 Å². The van der Waals surface area contributed by atoms with Gasteiger partial charge in [0.2, 0.25) is 0 Å². The van der Waals surface area contributed by atoms with Crippen LogP contribution >= 0.6 is 24.0 Å². The van der Waals surface area contributed by atoms with Crippen molar-refractivity contribution in [3.63, 3.8) is 0 Å². The summed E-state index contributed by atoms with van der Waals surface area (Å²) >= 11 is 0. The van der Waals surface area contributed by atoms with E-state index in [4.69, 9.17) is 15.2 Å². The van der Waals surface area contributed by atoms with Crippen molar-refractivity contribution >= 4 is 35.6 Å². The first-order valence-corrected chi connectivity index (χ1v) is 8.58. The Hall–Kier alpha value is -1.96. The Morgan fingerprint density at radius 3 is 2.77 bits per heavy atom. The van der Waals surface area contributed by atoms with Crippen molar-refractivity contribution in [3.05, 3.63) is 53.6 Å². The van der Waals surface area contributed by atoms with Gasteiger partial charge in [0.05, 0.1) is 19.9 Å². The molecule has 0 fully saturated rings. The van der Waals surface area contributed by atoms with Gasteiger partial charge in [-0.3, -0.25) is 4.99 Å². The molecule has 0 spiro atoms. The van der Waals surface area contributed by atoms with Gasteiger partial charge in [-0.25, -0.2) is 0 Å². The number of anilines is 1. The second kappa shape index (κ2) is 9.66. The molecule has 0 aliphatic heterocycles. The molecule has 2 aromatic rings. The maximum atomic E-state index is 6.10. The Labute approximate surface area is 172 Å². The summed E-state index contributed by atoms with van der Waals surface area (Å²) in [6.07, 6.45) is 3.51. The fraction of sp³-hybridized carbons (Fsp3) is 0.350. The van der Waals surface area contributed by atoms with Gasteiger partial charge < -0.3 is 20.5 Å². The number of nitrogens with two attached hydrogens (primary N) is 1. The average Bonchev–Trinajstić information content (AvgIpc) is 2.66. The topological polar surface area (TPSA) is 68.9 Å². The van der Waals surface area contributed by atoms with Crippen LogP contribution in [-0.2, 0) is 6.42 Å². The molecular formula is C20H26IN3O2. The van der Waals surface area contributed by atoms with Crippen molar-refractivity contribution in [2.24, 2.45) is 10.7 Å². The fourth-order valence-electron chi connectivity index (χ4n) is 3.34. The van der Waals surface area contributed by atoms with Crippen molar-refractivity contribution in [2.45, 2.75) is 25.2 Å². The third-order valence-electron chi connectivity index (χ3n) is 4.65. The number of methoxy groups -OCH3 is 2. The van der Waals surface area contributed by atoms with Crippen molar-refractivity contribution < 1.29 is 9.47 Å². The van der Waals surface area contributed by atoms with E-state index in [1.807, 2.05) is 18.2 Å². The molecule has 140 valence electrons. The minimum absolute atomic E-state index is 0. The molecule has 0 amide bonds. The number of aliphatic imine (C=N–C) groups is 1. The number of nitrogens with zero attached hydrogens (tertiary/aromatic N) is 1. The number of ether oxygens (including phenoxy) is 2. The Morgan fingerprint density at radius 2 is 2.00 bits per heavy atom. The van der Waals surface area contributed by atoms with Crippen LogP contribution in [0.3, 0.4) is 0 Å². The van der Waals surface area contributed by atoms with E-state index in [1.54, 1.807) is 14.2 Å². The van der Waals surface area contributed by atoms with E-state index in [0.29, 0.717) is 24.2 Å². The molecule has 0 radical (unpaired) electrons. The highest BCUT2D eigenvalue weighted by Crippen LogP contribution is 2.32. The Morgan fingerprint density at radius 1 is 1.19 bits per heavy atom. The summed E-state index contributed by atoms with van der Waals surface area (Å²) in [6.45, 7) is 0.683. The Bertz CT molecular complexity index is 764. The highest BCUT2D eigenvalue weighted by atomic mass is 127. The van der Waals surface area contributed by atoms with Crippen LogP contribution in [0.15, 0.2) is 47.5 Å². The standard InChI is InChI=1S/C20H25N3O2.HI/c1-24-16-10-11-19(25-2)18(12-16)23-20(21)22-13-15-8-5-7-14-6-3-4-9-17(14)15;/h3-4,6,9-12,15H,5,7-8,13H2,1-2H3,(H3,21,22,23);1H. The summed E-state index contributed by atoms with van der Waals surface area (Å²) in [5, 5.41) is 3.12. The molecule has 5 nitrogen and oxygen atoms in total. The highest BCUT2D eigenvalue weighted by molar-refractivity contribution is 14.0. The molecule has 1 unspecified atom stereocenters. The summed E-state index contributed by atoms with van der Waals surface area (Å²) in [5.41, 5.74) is 9.69. The van der Waals surface area contributed by atoms with Crippen molar-refractivity contribution in [2.75, 3.05) is 26.1 Å². The van der Waals surface area contributed by atoms with E-state index in [0.717, 1.165) is 24.3 Å². The second-order valence-electron chi connectivity index (χ2n) is 6.21. The summed E-state index contributed by atoms with van der Waals surface area (Å²) in [6, 6.07) is 14.2. The number of hydrogen-bond acceptors (Lipinski definition) is 3. The first-order valence-electron chi connectivity index (χ1n) is 8.58. The molecule has 1 atom stereocenters. The molecule has 2 aromatic carbocycles. The van der Waals surface area contributed by atoms with Crippen molar-refractivity contribution in [1.29, 1.82) is 0 Å². The Kier molecular flexibility index (Phi) is 7.56. The van der Waals surface area contributed by atoms with Crippen LogP contribution in [0.1, 0.15) is 29.9 Å². The summed E-state index contributed by atoms with van der Waals surface area (Å²) in [4.78, 5) is 4.56. The van der Waals surface area contributed by atoms with Gasteiger partial charge in [0.1, 0.15) is 11.5 Å². The number of benzene rings is 2. The van der Waals surface area contributed by atoms with Crippen LogP contribution in [-0.4, -0.2) is 26.7 Å². The first kappa shape index (κ1) is 20.4. The lowest BCUT2D eigenvalue weighted by molar-refractivity contribution is 0.405. The van der Waals surface area contributed by atoms with E-state index in [2.05, 4.69) is 34.6 Å². The number of nitrogens with one attached hydrogen (secondary N) is 1. The molecular weight excluding hydrogens is 441 g/mol. The number of rotatable bonds is 5. The van der Waals surface area contributed by atoms with Crippen LogP contribution < -0.4 is 20.5 Å². The molecule has 0 saturated carbocycles. The van der Waals surface area contributed by atoms with Crippen LogP contribution in [0, 0.1) is 0 Å². The largest absolute Gasteiger partial charge is 0.497 e. The first-order chi connectivity index (χ1) is 12.2. The van der Waals surface area contributed by atoms with Gasteiger partial charge in [-0.05, 0) is 42.5 Å². The minimum atomic E-state index is 0. The van der Waals surface area contributed by atoms with Crippen LogP contribution in [0.2, 0.25) is 0 Å². The number of aryl methyl sites for hydroxylation is 1. The van der Waals surface area contributed by atoms with E-state index < -0.39 is 0 Å². The van der Waals surface area contributed by atoms with Crippen molar-refractivity contribution in [1.82, 2.24) is 0 Å². The SMILES string of the molecule is COc1ccc(OC)c(NC(N)=NCC2CCCc3ccccc32)c1.I. The van der Waals surface area contributed by atoms with Crippen LogP contribution in [0.4, 0.5) is 5.69 Å². The molecule has 6 heteroatoms. The lowest BCUT2D eigenvalue weighted by Crippen LogP contribution is -2.24. The van der Waals surface area contributed by atoms with Gasteiger partial charge in [0.25, 0.3) is 0 Å². The summed E-state index contributed by atoms with van der Waals surface area (Å²) in [7, 11) is 3.25. The molecule has 1 aliphatic rings. The number of fused-ring (bicyclic) bond motifs is 1. The molecule has 0 aromatic heterocycles. The van der Waals surface area contributed by atoms with E-state index in [9.17, 15) is 0 Å². The third kappa shape index (κ3) is 4.81. The maximum Gasteiger partial charge on any atom is 0.193 e. The zero-order valence-corrected chi connectivity index (χ0v) is 17.5. The quantitative estimate of drug-likeness (QED) is 0.394. The van der Waals surface area contributed by atoms with Gasteiger partial charge >= 0.3 is 0 Å². The molecule has 0 saturated heterocycles. The highest BCUT2D eigenvalue weighted by Gasteiger charge is 2.19. The third-order valence-corrected chi connectivity index (χ3v) is 4.65. The van der Waals surface area contributed by atoms with Gasteiger partial charge in [-0.1, -0.05) is 24.3 Å². The lowest BCUT2D eigenvalue weighted by atomic mass is 9.83. The zero-order chi connectivity index (χ0) is 17.6. The number of guanidine groups is 1.